The first-order valence-corrected chi connectivity index (χ1v) is 4.17. The molecule has 5 nitrogen and oxygen atoms in total. The molecule has 1 amide bonds. The van der Waals surface area contributed by atoms with E-state index in [0.29, 0.717) is 5.69 Å². The second-order valence-corrected chi connectivity index (χ2v) is 3.04. The first-order valence-electron chi connectivity index (χ1n) is 4.17. The number of halogens is 1. The molecule has 0 spiro atoms. The number of amides is 1. The number of methoxy groups -OCH3 is 1. The molecule has 1 aromatic rings. The van der Waals surface area contributed by atoms with Gasteiger partial charge >= 0.3 is 5.97 Å². The van der Waals surface area contributed by atoms with Crippen LogP contribution in [0.1, 0.15) is 11.5 Å². The summed E-state index contributed by atoms with van der Waals surface area (Å²) < 4.78 is 17.3. The zero-order valence-electron chi connectivity index (χ0n) is 7.78. The Balaban J connectivity index is 2.48. The summed E-state index contributed by atoms with van der Waals surface area (Å²) in [5, 5.41) is 2.42. The zero-order chi connectivity index (χ0) is 11.0. The highest BCUT2D eigenvalue weighted by atomic mass is 19.1. The van der Waals surface area contributed by atoms with Gasteiger partial charge in [0.25, 0.3) is 0 Å². The molecule has 0 fully saturated rings. The van der Waals surface area contributed by atoms with Gasteiger partial charge in [-0.3, -0.25) is 9.59 Å². The maximum absolute atomic E-state index is 12.8. The lowest BCUT2D eigenvalue weighted by molar-refractivity contribution is -0.144. The number of rotatable bonds is 1. The number of pyridine rings is 1. The Hall–Kier alpha value is -1.98. The number of carbonyl (C=O) groups is 2. The number of carbonyl (C=O) groups excluding carboxylic acids is 2. The Bertz CT molecular complexity index is 439. The van der Waals surface area contributed by atoms with Crippen molar-refractivity contribution >= 4 is 17.6 Å². The van der Waals surface area contributed by atoms with Crippen LogP contribution in [0.5, 0.6) is 0 Å². The third-order valence-corrected chi connectivity index (χ3v) is 2.17. The van der Waals surface area contributed by atoms with Gasteiger partial charge < -0.3 is 10.1 Å². The molecule has 0 unspecified atom stereocenters. The van der Waals surface area contributed by atoms with Crippen molar-refractivity contribution in [1.29, 1.82) is 0 Å². The third-order valence-electron chi connectivity index (χ3n) is 2.17. The number of nitrogens with one attached hydrogen (secondary N) is 1. The fourth-order valence-electron chi connectivity index (χ4n) is 1.49. The number of hydrogen-bond donors (Lipinski definition) is 1. The van der Waals surface area contributed by atoms with Gasteiger partial charge in [-0.15, -0.1) is 0 Å². The van der Waals surface area contributed by atoms with Gasteiger partial charge in [0, 0.05) is 5.56 Å². The van der Waals surface area contributed by atoms with Crippen molar-refractivity contribution in [2.24, 2.45) is 0 Å². The number of nitrogens with zero attached hydrogens (tertiary/aromatic N) is 1. The van der Waals surface area contributed by atoms with Gasteiger partial charge in [0.15, 0.2) is 5.92 Å². The standard InChI is InChI=1S/C9H7FN2O3/c1-15-9(14)7-4-2-6(10)11-3-5(4)12-8(7)13/h2-3,7H,1H3,(H,12,13)/t7-/m1/s1. The van der Waals surface area contributed by atoms with Crippen molar-refractivity contribution < 1.29 is 18.7 Å². The van der Waals surface area contributed by atoms with Crippen LogP contribution >= 0.6 is 0 Å². The molecule has 0 aromatic carbocycles. The van der Waals surface area contributed by atoms with Crippen LogP contribution in [0.4, 0.5) is 10.1 Å². The third kappa shape index (κ3) is 1.43. The molecule has 6 heteroatoms. The van der Waals surface area contributed by atoms with Gasteiger partial charge in [-0.05, 0) is 6.07 Å². The molecular weight excluding hydrogens is 203 g/mol. The van der Waals surface area contributed by atoms with E-state index < -0.39 is 23.7 Å². The van der Waals surface area contributed by atoms with Gasteiger partial charge in [-0.1, -0.05) is 0 Å². The lowest BCUT2D eigenvalue weighted by Crippen LogP contribution is -2.21. The van der Waals surface area contributed by atoms with Crippen LogP contribution in [-0.2, 0) is 14.3 Å². The molecule has 0 bridgehead atoms. The minimum absolute atomic E-state index is 0.263. The molecule has 2 heterocycles. The van der Waals surface area contributed by atoms with Crippen molar-refractivity contribution in [3.63, 3.8) is 0 Å². The summed E-state index contributed by atoms with van der Waals surface area (Å²) in [5.41, 5.74) is 0.608. The fraction of sp³-hybridized carbons (Fsp3) is 0.222. The second-order valence-electron chi connectivity index (χ2n) is 3.04. The summed E-state index contributed by atoms with van der Waals surface area (Å²) in [4.78, 5) is 26.0. The van der Waals surface area contributed by atoms with E-state index in [9.17, 15) is 14.0 Å². The summed E-state index contributed by atoms with van der Waals surface area (Å²) in [6.07, 6.45) is 1.17. The minimum Gasteiger partial charge on any atom is -0.468 e. The lowest BCUT2D eigenvalue weighted by atomic mass is 10.0. The number of hydrogen-bond acceptors (Lipinski definition) is 4. The molecule has 1 aliphatic rings. The van der Waals surface area contributed by atoms with E-state index >= 15 is 0 Å². The summed E-state index contributed by atoms with van der Waals surface area (Å²) in [6, 6.07) is 1.05. The van der Waals surface area contributed by atoms with Crippen LogP contribution in [0.25, 0.3) is 0 Å². The SMILES string of the molecule is COC(=O)[C@H]1C(=O)Nc2cnc(F)cc21. The van der Waals surface area contributed by atoms with Gasteiger partial charge in [-0.2, -0.15) is 4.39 Å². The van der Waals surface area contributed by atoms with Crippen molar-refractivity contribution in [2.75, 3.05) is 12.4 Å². The van der Waals surface area contributed by atoms with Crippen LogP contribution in [0, 0.1) is 5.95 Å². The summed E-state index contributed by atoms with van der Waals surface area (Å²) in [6.45, 7) is 0. The molecule has 78 valence electrons. The second kappa shape index (κ2) is 3.30. The van der Waals surface area contributed by atoms with E-state index in [2.05, 4.69) is 15.0 Å². The lowest BCUT2D eigenvalue weighted by Gasteiger charge is -2.04. The molecular formula is C9H7FN2O3. The number of aromatic nitrogens is 1. The Morgan fingerprint density at radius 1 is 1.67 bits per heavy atom. The van der Waals surface area contributed by atoms with Gasteiger partial charge in [0.2, 0.25) is 11.9 Å². The molecule has 2 rings (SSSR count). The number of fused-ring (bicyclic) bond motifs is 1. The Kier molecular flexibility index (Phi) is 2.11. The minimum atomic E-state index is -1.09. The Labute approximate surface area is 84.3 Å². The average molecular weight is 210 g/mol. The summed E-state index contributed by atoms with van der Waals surface area (Å²) in [7, 11) is 1.17. The topological polar surface area (TPSA) is 68.3 Å². The van der Waals surface area contributed by atoms with Crippen molar-refractivity contribution in [2.45, 2.75) is 5.92 Å². The van der Waals surface area contributed by atoms with Gasteiger partial charge in [0.05, 0.1) is 19.0 Å². The highest BCUT2D eigenvalue weighted by Gasteiger charge is 2.37. The monoisotopic (exact) mass is 210 g/mol. The number of anilines is 1. The van der Waals surface area contributed by atoms with Gasteiger partial charge in [0.1, 0.15) is 0 Å². The molecule has 1 atom stereocenters. The van der Waals surface area contributed by atoms with Crippen molar-refractivity contribution in [1.82, 2.24) is 4.98 Å². The quantitative estimate of drug-likeness (QED) is 0.414. The molecule has 0 radical (unpaired) electrons. The van der Waals surface area contributed by atoms with E-state index in [1.165, 1.54) is 13.3 Å². The van der Waals surface area contributed by atoms with E-state index in [0.717, 1.165) is 6.07 Å². The Morgan fingerprint density at radius 2 is 2.40 bits per heavy atom. The molecule has 0 saturated carbocycles. The van der Waals surface area contributed by atoms with Crippen LogP contribution in [0.15, 0.2) is 12.3 Å². The summed E-state index contributed by atoms with van der Waals surface area (Å²) in [5.74, 6) is -3.07. The van der Waals surface area contributed by atoms with Crippen molar-refractivity contribution in [3.8, 4) is 0 Å². The van der Waals surface area contributed by atoms with Crippen LogP contribution in [-0.4, -0.2) is 24.0 Å². The van der Waals surface area contributed by atoms with E-state index in [4.69, 9.17) is 0 Å². The van der Waals surface area contributed by atoms with Gasteiger partial charge in [-0.25, -0.2) is 4.98 Å². The highest BCUT2D eigenvalue weighted by molar-refractivity contribution is 6.14. The predicted molar refractivity (Wildman–Crippen MR) is 47.6 cm³/mol. The van der Waals surface area contributed by atoms with Crippen LogP contribution in [0.2, 0.25) is 0 Å². The normalized spacial score (nSPS) is 18.3. The number of ether oxygens (including phenoxy) is 1. The average Bonchev–Trinajstić information content (AvgIpc) is 2.52. The smallest absolute Gasteiger partial charge is 0.322 e. The first kappa shape index (κ1) is 9.57. The molecule has 1 N–H and O–H groups in total. The highest BCUT2D eigenvalue weighted by Crippen LogP contribution is 2.32. The molecule has 0 saturated heterocycles. The molecule has 15 heavy (non-hydrogen) atoms. The van der Waals surface area contributed by atoms with Crippen LogP contribution < -0.4 is 5.32 Å². The fourth-order valence-corrected chi connectivity index (χ4v) is 1.49. The number of esters is 1. The van der Waals surface area contributed by atoms with E-state index in [1.54, 1.807) is 0 Å². The maximum atomic E-state index is 12.8. The molecule has 0 aliphatic carbocycles. The summed E-state index contributed by atoms with van der Waals surface area (Å²) >= 11 is 0. The maximum Gasteiger partial charge on any atom is 0.322 e. The van der Waals surface area contributed by atoms with Crippen molar-refractivity contribution in [3.05, 3.63) is 23.8 Å². The van der Waals surface area contributed by atoms with E-state index in [-0.39, 0.29) is 5.56 Å². The zero-order valence-corrected chi connectivity index (χ0v) is 7.78. The predicted octanol–water partition coefficient (Wildman–Crippen LogP) is 0.429. The first-order chi connectivity index (χ1) is 7.13. The molecule has 1 aromatic heterocycles. The van der Waals surface area contributed by atoms with E-state index in [1.807, 2.05) is 0 Å². The largest absolute Gasteiger partial charge is 0.468 e. The Morgan fingerprint density at radius 3 is 3.07 bits per heavy atom. The van der Waals surface area contributed by atoms with Crippen LogP contribution in [0.3, 0.4) is 0 Å². The molecule has 1 aliphatic heterocycles.